The third-order valence-corrected chi connectivity index (χ3v) is 4.24. The minimum Gasteiger partial charge on any atom is -0.385 e. The molecule has 1 aromatic rings. The van der Waals surface area contributed by atoms with E-state index in [1.807, 2.05) is 25.8 Å². The lowest BCUT2D eigenvalue weighted by Gasteiger charge is -2.31. The van der Waals surface area contributed by atoms with E-state index in [1.165, 1.54) is 19.3 Å². The Morgan fingerprint density at radius 3 is 2.57 bits per heavy atom. The van der Waals surface area contributed by atoms with Crippen molar-refractivity contribution in [1.29, 1.82) is 0 Å². The monoisotopic (exact) mass is 290 g/mol. The summed E-state index contributed by atoms with van der Waals surface area (Å²) < 4.78 is 0. The predicted molar refractivity (Wildman–Crippen MR) is 84.6 cm³/mol. The third kappa shape index (κ3) is 3.52. The van der Waals surface area contributed by atoms with Crippen molar-refractivity contribution < 1.29 is 4.79 Å². The van der Waals surface area contributed by atoms with Gasteiger partial charge < -0.3 is 10.2 Å². The number of carbonyl (C=O) groups excluding carboxylic acids is 1. The Morgan fingerprint density at radius 2 is 2.00 bits per heavy atom. The second kappa shape index (κ2) is 6.87. The lowest BCUT2D eigenvalue weighted by Crippen LogP contribution is -2.39. The van der Waals surface area contributed by atoms with Crippen molar-refractivity contribution in [3.05, 3.63) is 17.7 Å². The van der Waals surface area contributed by atoms with E-state index in [0.717, 1.165) is 18.7 Å². The highest BCUT2D eigenvalue weighted by Gasteiger charge is 2.26. The number of amides is 1. The maximum Gasteiger partial charge on any atom is 0.274 e. The second-order valence-electron chi connectivity index (χ2n) is 6.10. The van der Waals surface area contributed by atoms with Gasteiger partial charge in [0.15, 0.2) is 5.69 Å². The molecule has 1 aliphatic rings. The summed E-state index contributed by atoms with van der Waals surface area (Å²) >= 11 is 0. The Bertz CT molecular complexity index is 495. The number of nitrogens with one attached hydrogen (secondary N) is 1. The van der Waals surface area contributed by atoms with Crippen molar-refractivity contribution in [3.8, 4) is 0 Å². The standard InChI is InChI=1S/C16H26N4O/c1-11(2)15-18-10-13(17-3)14(19-15)16(21)20(4)12-8-6-5-7-9-12/h10-12,17H,5-9H2,1-4H3. The molecule has 1 N–H and O–H groups in total. The van der Waals surface area contributed by atoms with Crippen LogP contribution in [-0.2, 0) is 0 Å². The molecule has 1 amide bonds. The van der Waals surface area contributed by atoms with Crippen LogP contribution in [0.2, 0.25) is 0 Å². The van der Waals surface area contributed by atoms with Gasteiger partial charge in [0, 0.05) is 26.1 Å². The van der Waals surface area contributed by atoms with Gasteiger partial charge in [0.2, 0.25) is 0 Å². The summed E-state index contributed by atoms with van der Waals surface area (Å²) in [4.78, 5) is 23.5. The van der Waals surface area contributed by atoms with Gasteiger partial charge in [0.05, 0.1) is 11.9 Å². The van der Waals surface area contributed by atoms with Gasteiger partial charge in [-0.25, -0.2) is 9.97 Å². The number of hydrogen-bond acceptors (Lipinski definition) is 4. The molecular weight excluding hydrogens is 264 g/mol. The summed E-state index contributed by atoms with van der Waals surface area (Å²) in [7, 11) is 3.69. The first-order valence-corrected chi connectivity index (χ1v) is 7.86. The number of anilines is 1. The minimum atomic E-state index is -0.00412. The highest BCUT2D eigenvalue weighted by Crippen LogP contribution is 2.24. The Balaban J connectivity index is 2.25. The van der Waals surface area contributed by atoms with E-state index in [0.29, 0.717) is 17.4 Å². The van der Waals surface area contributed by atoms with Crippen LogP contribution in [0.25, 0.3) is 0 Å². The topological polar surface area (TPSA) is 58.1 Å². The lowest BCUT2D eigenvalue weighted by atomic mass is 9.94. The fourth-order valence-corrected chi connectivity index (χ4v) is 2.82. The van der Waals surface area contributed by atoms with Gasteiger partial charge in [0.1, 0.15) is 5.82 Å². The van der Waals surface area contributed by atoms with Crippen molar-refractivity contribution in [2.75, 3.05) is 19.4 Å². The molecule has 5 heteroatoms. The number of hydrogen-bond donors (Lipinski definition) is 1. The largest absolute Gasteiger partial charge is 0.385 e. The van der Waals surface area contributed by atoms with E-state index in [9.17, 15) is 4.79 Å². The summed E-state index contributed by atoms with van der Waals surface area (Å²) in [5.74, 6) is 0.924. The molecule has 21 heavy (non-hydrogen) atoms. The van der Waals surface area contributed by atoms with Gasteiger partial charge in [-0.05, 0) is 12.8 Å². The maximum atomic E-state index is 12.8. The van der Waals surface area contributed by atoms with Crippen LogP contribution in [0.1, 0.15) is 68.2 Å². The summed E-state index contributed by atoms with van der Waals surface area (Å²) in [5.41, 5.74) is 1.19. The Hall–Kier alpha value is -1.65. The number of aromatic nitrogens is 2. The zero-order valence-corrected chi connectivity index (χ0v) is 13.5. The molecular formula is C16H26N4O. The SMILES string of the molecule is CNc1cnc(C(C)C)nc1C(=O)N(C)C1CCCCC1. The highest BCUT2D eigenvalue weighted by atomic mass is 16.2. The Labute approximate surface area is 127 Å². The molecule has 5 nitrogen and oxygen atoms in total. The predicted octanol–water partition coefficient (Wildman–Crippen LogP) is 3.05. The van der Waals surface area contributed by atoms with Crippen molar-refractivity contribution in [1.82, 2.24) is 14.9 Å². The Kier molecular flexibility index (Phi) is 5.15. The van der Waals surface area contributed by atoms with Crippen LogP contribution in [0.3, 0.4) is 0 Å². The molecule has 0 atom stereocenters. The van der Waals surface area contributed by atoms with Crippen molar-refractivity contribution >= 4 is 11.6 Å². The molecule has 1 aliphatic carbocycles. The first kappa shape index (κ1) is 15.7. The van der Waals surface area contributed by atoms with Crippen LogP contribution in [0.15, 0.2) is 6.20 Å². The number of nitrogens with zero attached hydrogens (tertiary/aromatic N) is 3. The molecule has 116 valence electrons. The molecule has 0 spiro atoms. The molecule has 2 rings (SSSR count). The van der Waals surface area contributed by atoms with Crippen LogP contribution < -0.4 is 5.32 Å². The van der Waals surface area contributed by atoms with Gasteiger partial charge in [-0.15, -0.1) is 0 Å². The average molecular weight is 290 g/mol. The van der Waals surface area contributed by atoms with Gasteiger partial charge >= 0.3 is 0 Å². The summed E-state index contributed by atoms with van der Waals surface area (Å²) in [5, 5.41) is 3.03. The molecule has 1 aromatic heterocycles. The zero-order chi connectivity index (χ0) is 15.4. The van der Waals surface area contributed by atoms with Crippen molar-refractivity contribution in [2.24, 2.45) is 0 Å². The van der Waals surface area contributed by atoms with Gasteiger partial charge in [-0.1, -0.05) is 33.1 Å². The van der Waals surface area contributed by atoms with E-state index < -0.39 is 0 Å². The number of rotatable bonds is 4. The normalized spacial score (nSPS) is 16.0. The first-order valence-electron chi connectivity index (χ1n) is 7.86. The molecule has 1 fully saturated rings. The highest BCUT2D eigenvalue weighted by molar-refractivity contribution is 5.97. The summed E-state index contributed by atoms with van der Waals surface area (Å²) in [6.07, 6.45) is 7.61. The lowest BCUT2D eigenvalue weighted by molar-refractivity contribution is 0.0691. The molecule has 0 unspecified atom stereocenters. The molecule has 0 aliphatic heterocycles. The van der Waals surface area contributed by atoms with Crippen molar-refractivity contribution in [2.45, 2.75) is 57.9 Å². The van der Waals surface area contributed by atoms with E-state index in [4.69, 9.17) is 0 Å². The molecule has 0 aromatic carbocycles. The summed E-state index contributed by atoms with van der Waals surface area (Å²) in [6.45, 7) is 4.07. The molecule has 1 heterocycles. The van der Waals surface area contributed by atoms with Crippen LogP contribution >= 0.6 is 0 Å². The maximum absolute atomic E-state index is 12.8. The average Bonchev–Trinajstić information content (AvgIpc) is 2.53. The molecule has 0 saturated heterocycles. The fraction of sp³-hybridized carbons (Fsp3) is 0.688. The van der Waals surface area contributed by atoms with Crippen LogP contribution in [-0.4, -0.2) is 40.9 Å². The van der Waals surface area contributed by atoms with Gasteiger partial charge in [0.25, 0.3) is 5.91 Å². The second-order valence-corrected chi connectivity index (χ2v) is 6.10. The summed E-state index contributed by atoms with van der Waals surface area (Å²) in [6, 6.07) is 0.341. The van der Waals surface area contributed by atoms with Crippen LogP contribution in [0.5, 0.6) is 0 Å². The van der Waals surface area contributed by atoms with E-state index in [1.54, 1.807) is 13.2 Å². The quantitative estimate of drug-likeness (QED) is 0.926. The van der Waals surface area contributed by atoms with E-state index in [2.05, 4.69) is 15.3 Å². The van der Waals surface area contributed by atoms with Gasteiger partial charge in [-0.2, -0.15) is 0 Å². The van der Waals surface area contributed by atoms with E-state index in [-0.39, 0.29) is 11.8 Å². The fourth-order valence-electron chi connectivity index (χ4n) is 2.82. The van der Waals surface area contributed by atoms with Crippen molar-refractivity contribution in [3.63, 3.8) is 0 Å². The molecule has 0 bridgehead atoms. The molecule has 0 radical (unpaired) electrons. The number of carbonyl (C=O) groups is 1. The van der Waals surface area contributed by atoms with E-state index >= 15 is 0 Å². The zero-order valence-electron chi connectivity index (χ0n) is 13.5. The first-order chi connectivity index (χ1) is 10.0. The third-order valence-electron chi connectivity index (χ3n) is 4.24. The minimum absolute atomic E-state index is 0.00412. The van der Waals surface area contributed by atoms with Crippen LogP contribution in [0.4, 0.5) is 5.69 Å². The van der Waals surface area contributed by atoms with Crippen LogP contribution in [0, 0.1) is 0 Å². The Morgan fingerprint density at radius 1 is 1.33 bits per heavy atom. The molecule has 1 saturated carbocycles. The van der Waals surface area contributed by atoms with Gasteiger partial charge in [-0.3, -0.25) is 4.79 Å². The smallest absolute Gasteiger partial charge is 0.274 e.